The zero-order chi connectivity index (χ0) is 25.0. The van der Waals surface area contributed by atoms with Gasteiger partial charge in [-0.15, -0.1) is 0 Å². The summed E-state index contributed by atoms with van der Waals surface area (Å²) in [6.07, 6.45) is 1.02. The Balaban J connectivity index is 1.78. The van der Waals surface area contributed by atoms with Crippen LogP contribution < -0.4 is 24.8 Å². The maximum atomic E-state index is 13.3. The molecule has 0 bridgehead atoms. The van der Waals surface area contributed by atoms with Gasteiger partial charge in [0, 0.05) is 5.69 Å². The Morgan fingerprint density at radius 2 is 1.65 bits per heavy atom. The van der Waals surface area contributed by atoms with Gasteiger partial charge < -0.3 is 24.8 Å². The molecule has 1 heterocycles. The molecule has 2 atom stereocenters. The van der Waals surface area contributed by atoms with Crippen LogP contribution in [0.4, 0.5) is 10.5 Å². The van der Waals surface area contributed by atoms with Crippen LogP contribution in [0.25, 0.3) is 0 Å². The predicted molar refractivity (Wildman–Crippen MR) is 127 cm³/mol. The lowest BCUT2D eigenvalue weighted by Gasteiger charge is -2.24. The summed E-state index contributed by atoms with van der Waals surface area (Å²) in [6.45, 7) is 5.40. The third-order valence-corrected chi connectivity index (χ3v) is 6.19. The van der Waals surface area contributed by atoms with Gasteiger partial charge in [0.1, 0.15) is 12.1 Å². The van der Waals surface area contributed by atoms with E-state index in [0.29, 0.717) is 34.4 Å². The fourth-order valence-electron chi connectivity index (χ4n) is 3.88. The van der Waals surface area contributed by atoms with Crippen LogP contribution in [0.5, 0.6) is 17.2 Å². The highest BCUT2D eigenvalue weighted by atomic mass is 16.5. The zero-order valence-electron chi connectivity index (χ0n) is 20.4. The quantitative estimate of drug-likeness (QED) is 0.543. The molecule has 0 spiro atoms. The maximum absolute atomic E-state index is 13.3. The normalized spacial score (nSPS) is 18.4. The van der Waals surface area contributed by atoms with Crippen molar-refractivity contribution in [3.63, 3.8) is 0 Å². The first-order valence-corrected chi connectivity index (χ1v) is 11.0. The summed E-state index contributed by atoms with van der Waals surface area (Å²) in [5.41, 5.74) is 0.790. The monoisotopic (exact) mass is 469 g/mol. The number of methoxy groups -OCH3 is 3. The third-order valence-electron chi connectivity index (χ3n) is 6.19. The SMILES string of the molecule is CC[C@H](C)c1ccc(NC(=O)CN2C(=O)N[C@@](C)(c3cc(OC)c(OC)c(OC)c3)C2=O)cc1. The summed E-state index contributed by atoms with van der Waals surface area (Å²) in [5, 5.41) is 5.43. The van der Waals surface area contributed by atoms with Crippen molar-refractivity contribution in [2.45, 2.75) is 38.6 Å². The molecule has 2 aromatic carbocycles. The molecule has 34 heavy (non-hydrogen) atoms. The minimum absolute atomic E-state index is 0.345. The average molecular weight is 470 g/mol. The van der Waals surface area contributed by atoms with Crippen molar-refractivity contribution in [2.24, 2.45) is 0 Å². The van der Waals surface area contributed by atoms with Gasteiger partial charge in [-0.05, 0) is 54.7 Å². The second kappa shape index (κ2) is 10.0. The average Bonchev–Trinajstić information content (AvgIpc) is 3.06. The van der Waals surface area contributed by atoms with E-state index in [-0.39, 0.29) is 0 Å². The number of hydrogen-bond donors (Lipinski definition) is 2. The van der Waals surface area contributed by atoms with Crippen molar-refractivity contribution in [1.82, 2.24) is 10.2 Å². The number of anilines is 1. The van der Waals surface area contributed by atoms with E-state index in [1.54, 1.807) is 19.1 Å². The largest absolute Gasteiger partial charge is 0.493 e. The van der Waals surface area contributed by atoms with Crippen LogP contribution in [0.15, 0.2) is 36.4 Å². The molecule has 3 rings (SSSR count). The van der Waals surface area contributed by atoms with E-state index in [4.69, 9.17) is 14.2 Å². The number of urea groups is 1. The van der Waals surface area contributed by atoms with Crippen LogP contribution in [0.1, 0.15) is 44.2 Å². The lowest BCUT2D eigenvalue weighted by atomic mass is 9.91. The molecule has 9 nitrogen and oxygen atoms in total. The van der Waals surface area contributed by atoms with E-state index in [1.807, 2.05) is 24.3 Å². The number of hydrogen-bond acceptors (Lipinski definition) is 6. The van der Waals surface area contributed by atoms with E-state index in [9.17, 15) is 14.4 Å². The lowest BCUT2D eigenvalue weighted by molar-refractivity contribution is -0.133. The van der Waals surface area contributed by atoms with Gasteiger partial charge in [0.25, 0.3) is 5.91 Å². The summed E-state index contributed by atoms with van der Waals surface area (Å²) < 4.78 is 16.1. The first kappa shape index (κ1) is 24.9. The van der Waals surface area contributed by atoms with E-state index >= 15 is 0 Å². The second-order valence-corrected chi connectivity index (χ2v) is 8.34. The Morgan fingerprint density at radius 1 is 1.06 bits per heavy atom. The Kier molecular flexibility index (Phi) is 7.34. The fraction of sp³-hybridized carbons (Fsp3) is 0.400. The molecule has 0 unspecified atom stereocenters. The van der Waals surface area contributed by atoms with E-state index in [0.717, 1.165) is 11.3 Å². The second-order valence-electron chi connectivity index (χ2n) is 8.34. The number of nitrogens with zero attached hydrogens (tertiary/aromatic N) is 1. The molecule has 0 radical (unpaired) electrons. The molecule has 9 heteroatoms. The number of nitrogens with one attached hydrogen (secondary N) is 2. The van der Waals surface area contributed by atoms with Gasteiger partial charge in [-0.3, -0.25) is 14.5 Å². The molecule has 0 saturated carbocycles. The van der Waals surface area contributed by atoms with Crippen LogP contribution in [0.2, 0.25) is 0 Å². The number of carbonyl (C=O) groups is 3. The van der Waals surface area contributed by atoms with Crippen LogP contribution in [0, 0.1) is 0 Å². The Hall–Kier alpha value is -3.75. The molecule has 1 saturated heterocycles. The van der Waals surface area contributed by atoms with Crippen LogP contribution in [-0.4, -0.2) is 50.6 Å². The maximum Gasteiger partial charge on any atom is 0.325 e. The van der Waals surface area contributed by atoms with Gasteiger partial charge in [-0.1, -0.05) is 26.0 Å². The standard InChI is InChI=1S/C25H31N3O6/c1-7-15(2)16-8-10-18(11-9-16)26-21(29)14-28-23(30)25(3,27-24(28)31)17-12-19(32-4)22(34-6)20(13-17)33-5/h8-13,15H,7,14H2,1-6H3,(H,26,29)(H,27,31)/t15-,25-/m0/s1. The topological polar surface area (TPSA) is 106 Å². The molecule has 0 aliphatic carbocycles. The van der Waals surface area contributed by atoms with Gasteiger partial charge >= 0.3 is 6.03 Å². The van der Waals surface area contributed by atoms with Gasteiger partial charge in [0.15, 0.2) is 11.5 Å². The van der Waals surface area contributed by atoms with Crippen molar-refractivity contribution < 1.29 is 28.6 Å². The summed E-state index contributed by atoms with van der Waals surface area (Å²) in [4.78, 5) is 39.5. The van der Waals surface area contributed by atoms with Gasteiger partial charge in [-0.2, -0.15) is 0 Å². The molecule has 1 aliphatic heterocycles. The molecule has 0 aromatic heterocycles. The highest BCUT2D eigenvalue weighted by Gasteiger charge is 2.50. The third kappa shape index (κ3) is 4.64. The molecule has 2 aromatic rings. The molecule has 2 N–H and O–H groups in total. The summed E-state index contributed by atoms with van der Waals surface area (Å²) in [6, 6.07) is 10.1. The Morgan fingerprint density at radius 3 is 2.15 bits per heavy atom. The van der Waals surface area contributed by atoms with Crippen molar-refractivity contribution in [1.29, 1.82) is 0 Å². The molecule has 1 fully saturated rings. The van der Waals surface area contributed by atoms with E-state index < -0.39 is 29.9 Å². The van der Waals surface area contributed by atoms with Crippen molar-refractivity contribution in [2.75, 3.05) is 33.2 Å². The minimum atomic E-state index is -1.41. The van der Waals surface area contributed by atoms with Gasteiger partial charge in [-0.25, -0.2) is 4.79 Å². The van der Waals surface area contributed by atoms with Crippen molar-refractivity contribution >= 4 is 23.5 Å². The van der Waals surface area contributed by atoms with Crippen LogP contribution in [-0.2, 0) is 15.1 Å². The zero-order valence-corrected chi connectivity index (χ0v) is 20.4. The Labute approximate surface area is 199 Å². The highest BCUT2D eigenvalue weighted by Crippen LogP contribution is 2.42. The molecule has 4 amide bonds. The Bertz CT molecular complexity index is 1060. The minimum Gasteiger partial charge on any atom is -0.493 e. The van der Waals surface area contributed by atoms with Gasteiger partial charge in [0.2, 0.25) is 11.7 Å². The smallest absolute Gasteiger partial charge is 0.325 e. The number of rotatable bonds is 9. The first-order chi connectivity index (χ1) is 16.2. The number of ether oxygens (including phenoxy) is 3. The summed E-state index contributed by atoms with van der Waals surface area (Å²) in [7, 11) is 4.40. The van der Waals surface area contributed by atoms with E-state index in [2.05, 4.69) is 24.5 Å². The summed E-state index contributed by atoms with van der Waals surface area (Å²) >= 11 is 0. The molecular formula is C25H31N3O6. The van der Waals surface area contributed by atoms with Crippen molar-refractivity contribution in [3.8, 4) is 17.2 Å². The predicted octanol–water partition coefficient (Wildman–Crippen LogP) is 3.63. The van der Waals surface area contributed by atoms with Gasteiger partial charge in [0.05, 0.1) is 21.3 Å². The number of benzene rings is 2. The fourth-order valence-corrected chi connectivity index (χ4v) is 3.88. The number of amides is 4. The number of imide groups is 1. The highest BCUT2D eigenvalue weighted by molar-refractivity contribution is 6.10. The van der Waals surface area contributed by atoms with Crippen LogP contribution in [0.3, 0.4) is 0 Å². The number of carbonyl (C=O) groups excluding carboxylic acids is 3. The molecule has 1 aliphatic rings. The lowest BCUT2D eigenvalue weighted by Crippen LogP contribution is -2.42. The van der Waals surface area contributed by atoms with E-state index in [1.165, 1.54) is 26.9 Å². The summed E-state index contributed by atoms with van der Waals surface area (Å²) in [5.74, 6) is 0.436. The van der Waals surface area contributed by atoms with Crippen LogP contribution >= 0.6 is 0 Å². The van der Waals surface area contributed by atoms with Crippen molar-refractivity contribution in [3.05, 3.63) is 47.5 Å². The first-order valence-electron chi connectivity index (χ1n) is 11.0. The molecule has 182 valence electrons. The molecular weight excluding hydrogens is 438 g/mol.